The summed E-state index contributed by atoms with van der Waals surface area (Å²) in [7, 11) is 0. The van der Waals surface area contributed by atoms with Gasteiger partial charge in [-0.1, -0.05) is 61.0 Å². The van der Waals surface area contributed by atoms with Crippen molar-refractivity contribution in [2.45, 2.75) is 120 Å². The molecule has 4 fully saturated rings. The molecular weight excluding hydrogens is 432 g/mol. The number of ketones is 1. The Morgan fingerprint density at radius 2 is 1.60 bits per heavy atom. The quantitative estimate of drug-likeness (QED) is 0.358. The van der Waals surface area contributed by atoms with Crippen molar-refractivity contribution in [3.05, 3.63) is 11.6 Å². The molecule has 5 aliphatic rings. The summed E-state index contributed by atoms with van der Waals surface area (Å²) in [5.74, 6) is 2.57. The third-order valence-electron chi connectivity index (χ3n) is 13.4. The molecule has 5 rings (SSSR count). The second-order valence-electron chi connectivity index (χ2n) is 15.2. The van der Waals surface area contributed by atoms with Gasteiger partial charge in [-0.3, -0.25) is 9.59 Å². The van der Waals surface area contributed by atoms with Gasteiger partial charge in [-0.2, -0.15) is 0 Å². The van der Waals surface area contributed by atoms with E-state index in [1.54, 1.807) is 0 Å². The number of carbonyl (C=O) groups excluding carboxylic acids is 2. The number of esters is 1. The minimum atomic E-state index is -0.178. The third kappa shape index (κ3) is 3.21. The van der Waals surface area contributed by atoms with Gasteiger partial charge in [0.2, 0.25) is 0 Å². The zero-order valence-electron chi connectivity index (χ0n) is 23.9. The molecule has 0 radical (unpaired) electrons. The zero-order chi connectivity index (χ0) is 25.8. The molecule has 0 amide bonds. The second-order valence-corrected chi connectivity index (χ2v) is 15.2. The van der Waals surface area contributed by atoms with E-state index >= 15 is 0 Å². The Bertz CT molecular complexity index is 962. The monoisotopic (exact) mass is 482 g/mol. The molecule has 5 aliphatic carbocycles. The van der Waals surface area contributed by atoms with Crippen LogP contribution in [0.4, 0.5) is 0 Å². The first-order valence-corrected chi connectivity index (χ1v) is 14.5. The zero-order valence-corrected chi connectivity index (χ0v) is 23.9. The highest BCUT2D eigenvalue weighted by Gasteiger charge is 2.70. The molecule has 0 bridgehead atoms. The van der Waals surface area contributed by atoms with Crippen LogP contribution in [0.25, 0.3) is 0 Å². The lowest BCUT2D eigenvalue weighted by Crippen LogP contribution is -2.67. The Balaban J connectivity index is 1.59. The molecule has 3 heteroatoms. The first kappa shape index (κ1) is 25.5. The van der Waals surface area contributed by atoms with E-state index in [-0.39, 0.29) is 39.7 Å². The van der Waals surface area contributed by atoms with Crippen molar-refractivity contribution in [3.63, 3.8) is 0 Å². The molecule has 10 atom stereocenters. The van der Waals surface area contributed by atoms with E-state index in [0.29, 0.717) is 29.0 Å². The Morgan fingerprint density at radius 3 is 2.26 bits per heavy atom. The Labute approximate surface area is 214 Å². The fraction of sp³-hybridized carbons (Fsp3) is 0.875. The van der Waals surface area contributed by atoms with Crippen molar-refractivity contribution in [2.75, 3.05) is 0 Å². The Morgan fingerprint density at radius 1 is 0.914 bits per heavy atom. The predicted octanol–water partition coefficient (Wildman–Crippen LogP) is 7.77. The summed E-state index contributed by atoms with van der Waals surface area (Å²) in [6.07, 6.45) is 11.3. The van der Waals surface area contributed by atoms with Gasteiger partial charge in [0, 0.05) is 18.3 Å². The van der Waals surface area contributed by atoms with Crippen LogP contribution in [0.5, 0.6) is 0 Å². The van der Waals surface area contributed by atoms with Gasteiger partial charge in [0.1, 0.15) is 6.10 Å². The molecule has 0 aromatic rings. The molecule has 0 aromatic heterocycles. The topological polar surface area (TPSA) is 43.4 Å². The fourth-order valence-electron chi connectivity index (χ4n) is 11.1. The van der Waals surface area contributed by atoms with Crippen LogP contribution >= 0.6 is 0 Å². The smallest absolute Gasteiger partial charge is 0.302 e. The maximum absolute atomic E-state index is 14.4. The van der Waals surface area contributed by atoms with E-state index in [2.05, 4.69) is 61.5 Å². The largest absolute Gasteiger partial charge is 0.462 e. The second kappa shape index (κ2) is 7.70. The summed E-state index contributed by atoms with van der Waals surface area (Å²) < 4.78 is 5.85. The van der Waals surface area contributed by atoms with Crippen molar-refractivity contribution in [2.24, 2.45) is 56.7 Å². The van der Waals surface area contributed by atoms with Gasteiger partial charge in [-0.25, -0.2) is 0 Å². The fourth-order valence-corrected chi connectivity index (χ4v) is 11.1. The molecular formula is C32H50O3. The van der Waals surface area contributed by atoms with E-state index in [9.17, 15) is 9.59 Å². The van der Waals surface area contributed by atoms with Gasteiger partial charge < -0.3 is 4.74 Å². The summed E-state index contributed by atoms with van der Waals surface area (Å²) in [5.41, 5.74) is 1.76. The van der Waals surface area contributed by atoms with Crippen molar-refractivity contribution in [3.8, 4) is 0 Å². The molecule has 3 nitrogen and oxygen atoms in total. The SMILES string of the molecule is CC(=O)O[C@H]1CC[C@]2(C)[C@H]3C(=O)C=C4[C@@H]5[C@@H](C)[C@H](C)CC[C@]5(C)CC[C@@]4(C)[C@]3(C)CC[C@H]2C1(C)C. The number of ether oxygens (including phenoxy) is 1. The number of rotatable bonds is 1. The first-order chi connectivity index (χ1) is 16.1. The third-order valence-corrected chi connectivity index (χ3v) is 13.4. The maximum Gasteiger partial charge on any atom is 0.302 e. The van der Waals surface area contributed by atoms with Gasteiger partial charge in [0.25, 0.3) is 0 Å². The van der Waals surface area contributed by atoms with Gasteiger partial charge in [-0.05, 0) is 103 Å². The van der Waals surface area contributed by atoms with Crippen LogP contribution in [0.15, 0.2) is 11.6 Å². The normalized spacial score (nSPS) is 52.8. The number of allylic oxidation sites excluding steroid dienone is 2. The van der Waals surface area contributed by atoms with Crippen LogP contribution in [0.2, 0.25) is 0 Å². The standard InChI is InChI=1S/C32H50O3/c1-19-10-13-29(6)16-17-31(8)22(26(29)20(19)2)18-23(34)27-30(7)14-12-25(35-21(3)33)28(4,5)24(30)11-15-32(27,31)9/h18-20,24-27H,10-17H2,1-9H3/t19-,20+,24+,25+,26+,27-,29-,30+,31-,32-/m1/s1. The minimum Gasteiger partial charge on any atom is -0.462 e. The summed E-state index contributed by atoms with van der Waals surface area (Å²) >= 11 is 0. The van der Waals surface area contributed by atoms with Gasteiger partial charge >= 0.3 is 5.97 Å². The molecule has 0 saturated heterocycles. The molecule has 4 saturated carbocycles. The molecule has 0 unspecified atom stereocenters. The first-order valence-electron chi connectivity index (χ1n) is 14.5. The highest BCUT2D eigenvalue weighted by Crippen LogP contribution is 2.75. The highest BCUT2D eigenvalue weighted by atomic mass is 16.5. The van der Waals surface area contributed by atoms with E-state index < -0.39 is 0 Å². The van der Waals surface area contributed by atoms with Crippen LogP contribution in [0.1, 0.15) is 114 Å². The van der Waals surface area contributed by atoms with E-state index in [1.165, 1.54) is 38.2 Å². The van der Waals surface area contributed by atoms with Crippen molar-refractivity contribution < 1.29 is 14.3 Å². The Hall–Kier alpha value is -1.12. The average molecular weight is 483 g/mol. The van der Waals surface area contributed by atoms with Crippen LogP contribution in [-0.2, 0) is 14.3 Å². The average Bonchev–Trinajstić information content (AvgIpc) is 2.74. The van der Waals surface area contributed by atoms with Crippen LogP contribution in [0.3, 0.4) is 0 Å². The summed E-state index contributed by atoms with van der Waals surface area (Å²) in [6.45, 7) is 21.0. The predicted molar refractivity (Wildman–Crippen MR) is 141 cm³/mol. The van der Waals surface area contributed by atoms with Crippen LogP contribution in [-0.4, -0.2) is 17.9 Å². The summed E-state index contributed by atoms with van der Waals surface area (Å²) in [6, 6.07) is 0. The Kier molecular flexibility index (Phi) is 5.62. The molecule has 0 aliphatic heterocycles. The lowest BCUT2D eigenvalue weighted by atomic mass is 9.33. The van der Waals surface area contributed by atoms with E-state index in [4.69, 9.17) is 4.74 Å². The summed E-state index contributed by atoms with van der Waals surface area (Å²) in [5, 5.41) is 0. The number of hydrogen-bond acceptors (Lipinski definition) is 3. The molecule has 0 aromatic carbocycles. The molecule has 0 heterocycles. The number of hydrogen-bond donors (Lipinski definition) is 0. The van der Waals surface area contributed by atoms with E-state index in [1.807, 2.05) is 0 Å². The van der Waals surface area contributed by atoms with Gasteiger partial charge in [-0.15, -0.1) is 0 Å². The molecule has 0 N–H and O–H groups in total. The van der Waals surface area contributed by atoms with Crippen LogP contribution in [0, 0.1) is 56.7 Å². The number of fused-ring (bicyclic) bond motifs is 7. The summed E-state index contributed by atoms with van der Waals surface area (Å²) in [4.78, 5) is 26.2. The maximum atomic E-state index is 14.4. The lowest BCUT2D eigenvalue weighted by Gasteiger charge is -2.70. The molecule has 196 valence electrons. The highest BCUT2D eigenvalue weighted by molar-refractivity contribution is 5.95. The minimum absolute atomic E-state index is 0.00843. The molecule has 0 spiro atoms. The lowest BCUT2D eigenvalue weighted by molar-refractivity contribution is -0.210. The van der Waals surface area contributed by atoms with Crippen LogP contribution < -0.4 is 0 Å². The van der Waals surface area contributed by atoms with Gasteiger partial charge in [0.15, 0.2) is 5.78 Å². The molecule has 35 heavy (non-hydrogen) atoms. The van der Waals surface area contributed by atoms with Crippen molar-refractivity contribution >= 4 is 11.8 Å². The van der Waals surface area contributed by atoms with Crippen molar-refractivity contribution in [1.82, 2.24) is 0 Å². The van der Waals surface area contributed by atoms with E-state index in [0.717, 1.165) is 31.6 Å². The van der Waals surface area contributed by atoms with Gasteiger partial charge in [0.05, 0.1) is 0 Å². The number of carbonyl (C=O) groups is 2. The van der Waals surface area contributed by atoms with Crippen molar-refractivity contribution in [1.29, 1.82) is 0 Å².